The number of carboxylic acids is 1. The third-order valence-corrected chi connectivity index (χ3v) is 5.67. The summed E-state index contributed by atoms with van der Waals surface area (Å²) in [5.74, 6) is -2.54. The number of rotatable bonds is 11. The number of unbranched alkanes of at least 4 members (excludes halogenated alkanes) is 2. The third kappa shape index (κ3) is 7.04. The summed E-state index contributed by atoms with van der Waals surface area (Å²) in [6.07, 6.45) is 8.17. The van der Waals surface area contributed by atoms with Crippen molar-refractivity contribution >= 4 is 41.2 Å². The van der Waals surface area contributed by atoms with Crippen LogP contribution in [0.2, 0.25) is 0 Å². The lowest BCUT2D eigenvalue weighted by molar-refractivity contribution is -0.132. The molecule has 0 fully saturated rings. The van der Waals surface area contributed by atoms with Crippen LogP contribution in [0.5, 0.6) is 0 Å². The Kier molecular flexibility index (Phi) is 9.41. The van der Waals surface area contributed by atoms with E-state index in [-0.39, 0.29) is 11.3 Å². The van der Waals surface area contributed by atoms with Crippen molar-refractivity contribution in [2.24, 2.45) is 0 Å². The molecular formula is C24H26F2N2O2S. The molecule has 4 nitrogen and oxygen atoms in total. The summed E-state index contributed by atoms with van der Waals surface area (Å²) in [6, 6.07) is 6.13. The Labute approximate surface area is 186 Å². The highest BCUT2D eigenvalue weighted by Crippen LogP contribution is 2.26. The fourth-order valence-electron chi connectivity index (χ4n) is 2.96. The fourth-order valence-corrected chi connectivity index (χ4v) is 3.81. The van der Waals surface area contributed by atoms with Crippen LogP contribution in [0.25, 0.3) is 23.1 Å². The third-order valence-electron chi connectivity index (χ3n) is 4.67. The second-order valence-corrected chi connectivity index (χ2v) is 8.18. The summed E-state index contributed by atoms with van der Waals surface area (Å²) in [4.78, 5) is 17.2. The van der Waals surface area contributed by atoms with Crippen LogP contribution in [0.4, 0.5) is 14.5 Å². The lowest BCUT2D eigenvalue weighted by atomic mass is 10.1. The van der Waals surface area contributed by atoms with Crippen molar-refractivity contribution in [2.75, 3.05) is 18.0 Å². The number of hydrogen-bond donors (Lipinski definition) is 1. The molecule has 0 saturated carbocycles. The van der Waals surface area contributed by atoms with Crippen LogP contribution in [0.3, 0.4) is 0 Å². The maximum Gasteiger partial charge on any atom is 0.333 e. The smallest absolute Gasteiger partial charge is 0.333 e. The minimum atomic E-state index is -1.29. The molecule has 0 amide bonds. The number of nitrogens with zero attached hydrogens (tertiary/aromatic N) is 2. The first-order valence-corrected chi connectivity index (χ1v) is 11.1. The van der Waals surface area contributed by atoms with Crippen molar-refractivity contribution in [1.82, 2.24) is 0 Å². The standard InChI is InChI=1S/C24H26F2N2O2S/c1-4-6-12-28(13-7-5-2)17-14-21(25)20(22(26)15-17)11-10-18-8-9-19(31-18)16-23(27-3)24(29)30/h8-11,14-16H,4-7,12-13H2,1-2H3,(H,29,30)/b11-10+,23-16-. The number of halogens is 2. The van der Waals surface area contributed by atoms with Gasteiger partial charge in [-0.05, 0) is 55.3 Å². The van der Waals surface area contributed by atoms with Gasteiger partial charge in [0.05, 0.1) is 6.57 Å². The molecule has 0 aliphatic heterocycles. The van der Waals surface area contributed by atoms with Crippen molar-refractivity contribution in [1.29, 1.82) is 0 Å². The number of carboxylic acid groups (broad SMARTS) is 1. The first-order chi connectivity index (χ1) is 14.9. The molecule has 0 bridgehead atoms. The molecule has 0 saturated heterocycles. The molecule has 1 aromatic carbocycles. The van der Waals surface area contributed by atoms with Crippen molar-refractivity contribution in [3.05, 3.63) is 68.3 Å². The molecule has 0 aliphatic carbocycles. The highest BCUT2D eigenvalue weighted by atomic mass is 32.1. The van der Waals surface area contributed by atoms with E-state index < -0.39 is 17.6 Å². The molecule has 2 aromatic rings. The van der Waals surface area contributed by atoms with Crippen molar-refractivity contribution in [3.63, 3.8) is 0 Å². The number of anilines is 1. The van der Waals surface area contributed by atoms with Crippen molar-refractivity contribution in [2.45, 2.75) is 39.5 Å². The first kappa shape index (κ1) is 24.3. The van der Waals surface area contributed by atoms with Gasteiger partial charge in [-0.2, -0.15) is 0 Å². The predicted octanol–water partition coefficient (Wildman–Crippen LogP) is 6.95. The normalized spacial score (nSPS) is 11.6. The van der Waals surface area contributed by atoms with Crippen LogP contribution in [0.15, 0.2) is 30.0 Å². The van der Waals surface area contributed by atoms with E-state index >= 15 is 0 Å². The summed E-state index contributed by atoms with van der Waals surface area (Å²) in [5.41, 5.74) is 0.0475. The zero-order valence-corrected chi connectivity index (χ0v) is 18.5. The van der Waals surface area contributed by atoms with Gasteiger partial charge in [-0.25, -0.2) is 13.6 Å². The number of aliphatic carboxylic acids is 1. The van der Waals surface area contributed by atoms with E-state index in [4.69, 9.17) is 11.7 Å². The van der Waals surface area contributed by atoms with E-state index in [1.165, 1.54) is 35.6 Å². The largest absolute Gasteiger partial charge is 0.486 e. The molecule has 0 unspecified atom stereocenters. The van der Waals surface area contributed by atoms with E-state index in [1.54, 1.807) is 18.2 Å². The van der Waals surface area contributed by atoms with Crippen LogP contribution in [0, 0.1) is 18.2 Å². The molecule has 0 atom stereocenters. The van der Waals surface area contributed by atoms with E-state index in [2.05, 4.69) is 18.7 Å². The highest BCUT2D eigenvalue weighted by Gasteiger charge is 2.14. The van der Waals surface area contributed by atoms with E-state index in [0.717, 1.165) is 38.8 Å². The van der Waals surface area contributed by atoms with Gasteiger partial charge < -0.3 is 10.0 Å². The van der Waals surface area contributed by atoms with Gasteiger partial charge in [-0.3, -0.25) is 4.79 Å². The molecule has 0 radical (unpaired) electrons. The Morgan fingerprint density at radius 2 is 1.68 bits per heavy atom. The lowest BCUT2D eigenvalue weighted by Gasteiger charge is -2.25. The summed E-state index contributed by atoms with van der Waals surface area (Å²) >= 11 is 1.23. The molecule has 0 spiro atoms. The van der Waals surface area contributed by atoms with Crippen LogP contribution in [0.1, 0.15) is 54.8 Å². The Morgan fingerprint density at radius 1 is 1.10 bits per heavy atom. The second kappa shape index (κ2) is 12.0. The van der Waals surface area contributed by atoms with Gasteiger partial charge in [0.15, 0.2) is 0 Å². The van der Waals surface area contributed by atoms with Crippen LogP contribution in [-0.4, -0.2) is 24.2 Å². The predicted molar refractivity (Wildman–Crippen MR) is 124 cm³/mol. The topological polar surface area (TPSA) is 44.9 Å². The van der Waals surface area contributed by atoms with Gasteiger partial charge in [0.2, 0.25) is 0 Å². The van der Waals surface area contributed by atoms with Gasteiger partial charge >= 0.3 is 5.97 Å². The van der Waals surface area contributed by atoms with E-state index in [0.29, 0.717) is 15.4 Å². The Morgan fingerprint density at radius 3 is 2.19 bits per heavy atom. The van der Waals surface area contributed by atoms with Gasteiger partial charge in [0, 0.05) is 34.1 Å². The number of hydrogen-bond acceptors (Lipinski definition) is 3. The van der Waals surface area contributed by atoms with E-state index in [9.17, 15) is 13.6 Å². The molecule has 31 heavy (non-hydrogen) atoms. The van der Waals surface area contributed by atoms with Gasteiger partial charge in [0.25, 0.3) is 5.70 Å². The fraction of sp³-hybridized carbons (Fsp3) is 0.333. The van der Waals surface area contributed by atoms with Crippen LogP contribution in [-0.2, 0) is 4.79 Å². The Balaban J connectivity index is 2.23. The molecule has 1 heterocycles. The molecule has 164 valence electrons. The van der Waals surface area contributed by atoms with Gasteiger partial charge in [-0.15, -0.1) is 11.3 Å². The zero-order chi connectivity index (χ0) is 22.8. The zero-order valence-electron chi connectivity index (χ0n) is 17.7. The number of benzene rings is 1. The van der Waals surface area contributed by atoms with Crippen molar-refractivity contribution < 1.29 is 18.7 Å². The second-order valence-electron chi connectivity index (χ2n) is 7.04. The van der Waals surface area contributed by atoms with Gasteiger partial charge in [-0.1, -0.05) is 26.7 Å². The number of carbonyl (C=O) groups is 1. The van der Waals surface area contributed by atoms with Crippen molar-refractivity contribution in [3.8, 4) is 0 Å². The Hall–Kier alpha value is -2.98. The minimum absolute atomic E-state index is 0.118. The quantitative estimate of drug-likeness (QED) is 0.301. The summed E-state index contributed by atoms with van der Waals surface area (Å²) in [5, 5.41) is 8.93. The monoisotopic (exact) mass is 444 g/mol. The first-order valence-electron chi connectivity index (χ1n) is 10.2. The molecule has 1 N–H and O–H groups in total. The average Bonchev–Trinajstić information content (AvgIpc) is 3.18. The minimum Gasteiger partial charge on any atom is -0.486 e. The molecule has 2 rings (SSSR count). The lowest BCUT2D eigenvalue weighted by Crippen LogP contribution is -2.26. The molecule has 0 aliphatic rings. The van der Waals surface area contributed by atoms with E-state index in [1.807, 2.05) is 4.90 Å². The summed E-state index contributed by atoms with van der Waals surface area (Å²) in [6.45, 7) is 12.6. The molecular weight excluding hydrogens is 418 g/mol. The Bertz CT molecular complexity index is 974. The average molecular weight is 445 g/mol. The SMILES string of the molecule is [C-]#[N+]/C(=C\c1ccc(/C=C/c2c(F)cc(N(CCCC)CCCC)cc2F)s1)C(=O)O. The molecule has 1 aromatic heterocycles. The molecule has 7 heteroatoms. The van der Waals surface area contributed by atoms with Crippen LogP contribution < -0.4 is 4.90 Å². The van der Waals surface area contributed by atoms with Crippen LogP contribution >= 0.6 is 11.3 Å². The van der Waals surface area contributed by atoms with Gasteiger partial charge in [0.1, 0.15) is 11.6 Å². The summed E-state index contributed by atoms with van der Waals surface area (Å²) < 4.78 is 29.4. The highest BCUT2D eigenvalue weighted by molar-refractivity contribution is 7.13. The maximum absolute atomic E-state index is 14.7. The maximum atomic E-state index is 14.7. The summed E-state index contributed by atoms with van der Waals surface area (Å²) in [7, 11) is 0. The number of thiophene rings is 1.